The van der Waals surface area contributed by atoms with E-state index in [0.29, 0.717) is 23.7 Å². The van der Waals surface area contributed by atoms with Gasteiger partial charge in [0, 0.05) is 32.1 Å². The van der Waals surface area contributed by atoms with Gasteiger partial charge in [0.15, 0.2) is 5.69 Å². The molecule has 0 aliphatic rings. The molecule has 1 amide bonds. The number of amides is 1. The van der Waals surface area contributed by atoms with Crippen LogP contribution in [0.25, 0.3) is 0 Å². The smallest absolute Gasteiger partial charge is 0.272 e. The molecular formula is C15H16N6O2. The monoisotopic (exact) mass is 312 g/mol. The molecule has 0 aliphatic heterocycles. The number of nitrogens with zero attached hydrogens (tertiary/aromatic N) is 5. The first kappa shape index (κ1) is 14.8. The molecule has 3 rings (SSSR count). The van der Waals surface area contributed by atoms with Crippen LogP contribution in [-0.4, -0.2) is 31.7 Å². The maximum absolute atomic E-state index is 12.4. The maximum atomic E-state index is 12.4. The highest BCUT2D eigenvalue weighted by Crippen LogP contribution is 2.18. The van der Waals surface area contributed by atoms with Crippen molar-refractivity contribution < 1.29 is 9.21 Å². The van der Waals surface area contributed by atoms with Crippen molar-refractivity contribution in [1.29, 1.82) is 0 Å². The van der Waals surface area contributed by atoms with Gasteiger partial charge in [0.05, 0.1) is 25.2 Å². The third-order valence-corrected chi connectivity index (χ3v) is 3.22. The maximum Gasteiger partial charge on any atom is 0.272 e. The second kappa shape index (κ2) is 6.30. The molecule has 0 spiro atoms. The van der Waals surface area contributed by atoms with Gasteiger partial charge in [0.1, 0.15) is 11.4 Å². The summed E-state index contributed by atoms with van der Waals surface area (Å²) in [5, 5.41) is 10.9. The molecule has 3 aromatic rings. The molecule has 118 valence electrons. The van der Waals surface area contributed by atoms with Gasteiger partial charge in [-0.3, -0.25) is 19.2 Å². The largest absolute Gasteiger partial charge is 0.467 e. The molecule has 23 heavy (non-hydrogen) atoms. The molecule has 8 heteroatoms. The molecule has 1 N–H and O–H groups in total. The zero-order chi connectivity index (χ0) is 16.2. The normalized spacial score (nSPS) is 11.2. The first-order valence-electron chi connectivity index (χ1n) is 6.99. The number of carbonyl (C=O) groups excluding carboxylic acids is 1. The van der Waals surface area contributed by atoms with Crippen LogP contribution in [0.4, 0.5) is 5.69 Å². The fraction of sp³-hybridized carbons (Fsp3) is 0.200. The number of nitrogens with one attached hydrogen (secondary N) is 1. The van der Waals surface area contributed by atoms with Gasteiger partial charge in [-0.1, -0.05) is 0 Å². The summed E-state index contributed by atoms with van der Waals surface area (Å²) in [7, 11) is 3.53. The second-order valence-corrected chi connectivity index (χ2v) is 4.97. The highest BCUT2D eigenvalue weighted by Gasteiger charge is 2.16. The zero-order valence-electron chi connectivity index (χ0n) is 12.8. The fourth-order valence-electron chi connectivity index (χ4n) is 2.10. The van der Waals surface area contributed by atoms with Crippen LogP contribution in [-0.2, 0) is 20.6 Å². The van der Waals surface area contributed by atoms with Crippen molar-refractivity contribution in [2.24, 2.45) is 19.1 Å². The quantitative estimate of drug-likeness (QED) is 0.722. The van der Waals surface area contributed by atoms with Gasteiger partial charge in [-0.15, -0.1) is 0 Å². The fourth-order valence-corrected chi connectivity index (χ4v) is 2.10. The van der Waals surface area contributed by atoms with Crippen LogP contribution in [0.15, 0.2) is 46.4 Å². The predicted octanol–water partition coefficient (Wildman–Crippen LogP) is 1.43. The molecule has 8 nitrogen and oxygen atoms in total. The van der Waals surface area contributed by atoms with Crippen LogP contribution in [0, 0.1) is 0 Å². The van der Waals surface area contributed by atoms with E-state index in [9.17, 15) is 4.79 Å². The molecule has 0 unspecified atom stereocenters. The van der Waals surface area contributed by atoms with E-state index in [1.54, 1.807) is 48.7 Å². The van der Waals surface area contributed by atoms with Crippen LogP contribution < -0.4 is 5.32 Å². The van der Waals surface area contributed by atoms with Gasteiger partial charge in [-0.25, -0.2) is 0 Å². The minimum absolute atomic E-state index is 0.264. The Kier molecular flexibility index (Phi) is 4.05. The number of aryl methyl sites for hydroxylation is 2. The molecule has 3 heterocycles. The first-order chi connectivity index (χ1) is 11.1. The Hall–Kier alpha value is -3.16. The third kappa shape index (κ3) is 3.37. The van der Waals surface area contributed by atoms with Gasteiger partial charge in [0.25, 0.3) is 5.91 Å². The van der Waals surface area contributed by atoms with Crippen molar-refractivity contribution >= 4 is 17.8 Å². The summed E-state index contributed by atoms with van der Waals surface area (Å²) in [6.45, 7) is 0.308. The third-order valence-electron chi connectivity index (χ3n) is 3.22. The number of rotatable bonds is 5. The van der Waals surface area contributed by atoms with Crippen LogP contribution in [0.3, 0.4) is 0 Å². The average Bonchev–Trinajstić information content (AvgIpc) is 3.24. The molecule has 0 saturated heterocycles. The summed E-state index contributed by atoms with van der Waals surface area (Å²) in [5.41, 5.74) is 1.73. The van der Waals surface area contributed by atoms with Crippen LogP contribution in [0.1, 0.15) is 21.8 Å². The van der Waals surface area contributed by atoms with Crippen molar-refractivity contribution in [1.82, 2.24) is 24.9 Å². The van der Waals surface area contributed by atoms with E-state index in [1.807, 2.05) is 13.2 Å². The summed E-state index contributed by atoms with van der Waals surface area (Å²) in [6, 6.07) is 3.57. The molecule has 0 radical (unpaired) electrons. The van der Waals surface area contributed by atoms with Gasteiger partial charge < -0.3 is 9.73 Å². The number of hydrogen-bond acceptors (Lipinski definition) is 5. The lowest BCUT2D eigenvalue weighted by molar-refractivity contribution is 0.0939. The summed E-state index contributed by atoms with van der Waals surface area (Å²) >= 11 is 0. The molecule has 0 bridgehead atoms. The Morgan fingerprint density at radius 3 is 2.96 bits per heavy atom. The van der Waals surface area contributed by atoms with Crippen LogP contribution in [0.2, 0.25) is 0 Å². The number of furan rings is 1. The lowest BCUT2D eigenvalue weighted by Crippen LogP contribution is -2.25. The first-order valence-corrected chi connectivity index (χ1v) is 6.99. The number of hydrogen-bond donors (Lipinski definition) is 1. The minimum atomic E-state index is -0.264. The topological polar surface area (TPSA) is 90.2 Å². The standard InChI is InChI=1S/C15H16N6O2/c1-20-10-11(7-18-20)6-16-13-9-19-21(2)14(13)15(22)17-8-12-4-3-5-23-12/h3-7,9-10H,8H2,1-2H3,(H,17,22). The van der Waals surface area contributed by atoms with E-state index in [4.69, 9.17) is 4.42 Å². The van der Waals surface area contributed by atoms with Crippen molar-refractivity contribution in [2.45, 2.75) is 6.54 Å². The molecule has 0 aromatic carbocycles. The number of carbonyl (C=O) groups is 1. The SMILES string of the molecule is Cn1cc(C=Nc2cnn(C)c2C(=O)NCc2ccco2)cn1. The summed E-state index contributed by atoms with van der Waals surface area (Å²) in [6.07, 6.45) is 8.28. The number of aromatic nitrogens is 4. The Bertz CT molecular complexity index is 828. The Labute approximate surface area is 132 Å². The summed E-state index contributed by atoms with van der Waals surface area (Å²) in [4.78, 5) is 16.7. The average molecular weight is 312 g/mol. The van der Waals surface area contributed by atoms with Crippen molar-refractivity contribution in [3.05, 3.63) is 54.0 Å². The summed E-state index contributed by atoms with van der Waals surface area (Å²) < 4.78 is 8.37. The van der Waals surface area contributed by atoms with Gasteiger partial charge in [-0.05, 0) is 12.1 Å². The van der Waals surface area contributed by atoms with Crippen molar-refractivity contribution in [2.75, 3.05) is 0 Å². The molecule has 0 saturated carbocycles. The highest BCUT2D eigenvalue weighted by molar-refractivity contribution is 5.98. The molecule has 0 fully saturated rings. The van der Waals surface area contributed by atoms with Crippen LogP contribution >= 0.6 is 0 Å². The lowest BCUT2D eigenvalue weighted by Gasteiger charge is -2.04. The van der Waals surface area contributed by atoms with E-state index in [0.717, 1.165) is 5.56 Å². The lowest BCUT2D eigenvalue weighted by atomic mass is 10.3. The Balaban J connectivity index is 1.75. The second-order valence-electron chi connectivity index (χ2n) is 4.97. The van der Waals surface area contributed by atoms with E-state index < -0.39 is 0 Å². The number of aliphatic imine (C=N–C) groups is 1. The highest BCUT2D eigenvalue weighted by atomic mass is 16.3. The van der Waals surface area contributed by atoms with Crippen molar-refractivity contribution in [3.63, 3.8) is 0 Å². The van der Waals surface area contributed by atoms with Gasteiger partial charge in [-0.2, -0.15) is 10.2 Å². The zero-order valence-corrected chi connectivity index (χ0v) is 12.8. The molecule has 0 atom stereocenters. The minimum Gasteiger partial charge on any atom is -0.467 e. The van der Waals surface area contributed by atoms with E-state index in [-0.39, 0.29) is 5.91 Å². The van der Waals surface area contributed by atoms with E-state index >= 15 is 0 Å². The Morgan fingerprint density at radius 2 is 2.26 bits per heavy atom. The molecule has 3 aromatic heterocycles. The molecular weight excluding hydrogens is 296 g/mol. The molecule has 0 aliphatic carbocycles. The predicted molar refractivity (Wildman–Crippen MR) is 83.5 cm³/mol. The van der Waals surface area contributed by atoms with E-state index in [1.165, 1.54) is 4.68 Å². The Morgan fingerprint density at radius 1 is 1.39 bits per heavy atom. The van der Waals surface area contributed by atoms with Crippen LogP contribution in [0.5, 0.6) is 0 Å². The van der Waals surface area contributed by atoms with Gasteiger partial charge >= 0.3 is 0 Å². The summed E-state index contributed by atoms with van der Waals surface area (Å²) in [5.74, 6) is 0.417. The van der Waals surface area contributed by atoms with E-state index in [2.05, 4.69) is 20.5 Å². The van der Waals surface area contributed by atoms with Crippen molar-refractivity contribution in [3.8, 4) is 0 Å². The van der Waals surface area contributed by atoms with Gasteiger partial charge in [0.2, 0.25) is 0 Å².